The van der Waals surface area contributed by atoms with Gasteiger partial charge in [-0.25, -0.2) is 4.98 Å². The fourth-order valence-corrected chi connectivity index (χ4v) is 10.9. The van der Waals surface area contributed by atoms with Crippen molar-refractivity contribution in [2.45, 2.75) is 104 Å². The molecule has 0 radical (unpaired) electrons. The second-order valence-electron chi connectivity index (χ2n) is 23.5. The summed E-state index contributed by atoms with van der Waals surface area (Å²) in [7, 11) is 0. The molecule has 2 aliphatic rings. The first kappa shape index (κ1) is 43.0. The van der Waals surface area contributed by atoms with Gasteiger partial charge in [0, 0.05) is 72.5 Å². The van der Waals surface area contributed by atoms with E-state index in [0.29, 0.717) is 67.1 Å². The molecule has 3 heterocycles. The summed E-state index contributed by atoms with van der Waals surface area (Å²) >= 11 is 0. The number of para-hydroxylation sites is 4. The molecule has 76 heavy (non-hydrogen) atoms. The Bertz CT molecular complexity index is 4250. The quantitative estimate of drug-likeness (QED) is 0.142. The number of aromatic nitrogens is 2. The Hall–Kier alpha value is -7.20. The van der Waals surface area contributed by atoms with Gasteiger partial charge in [-0.2, -0.15) is 12.1 Å². The molecule has 0 saturated carbocycles. The van der Waals surface area contributed by atoms with Gasteiger partial charge in [-0.1, -0.05) is 184 Å². The topological polar surface area (TPSA) is 33.5 Å². The fourth-order valence-electron chi connectivity index (χ4n) is 10.9. The van der Waals surface area contributed by atoms with E-state index in [1.54, 1.807) is 16.8 Å². The SMILES string of the molecule is [2H]c1c(-c2ccccc2)c([2H])c(C(C)(C)C)c([2H])c1-c1cccc(-c2ccc3c(c2)C(C)(C)CCC3(C)C)c1N1[CH-]N(c2[c-]c(Oc3[c-]c4c(cc3)c3c([2H])c([2H])c([2H])c([2H])c3n4-c3cc(C(C)(C)C)ccn3)ccc2)c2ccccc21.[Pt]. The maximum atomic E-state index is 10.2. The molecule has 6 heteroatoms. The van der Waals surface area contributed by atoms with E-state index in [1.165, 1.54) is 11.1 Å². The maximum Gasteiger partial charge on any atom is 0.135 e. The van der Waals surface area contributed by atoms with E-state index < -0.39 is 5.41 Å². The minimum Gasteiger partial charge on any atom is -0.509 e. The number of ether oxygens (including phenoxy) is 1. The van der Waals surface area contributed by atoms with Crippen LogP contribution in [0.15, 0.2) is 182 Å². The number of anilines is 4. The summed E-state index contributed by atoms with van der Waals surface area (Å²) in [5, 5.41) is 0.951. The first-order valence-electron chi connectivity index (χ1n) is 29.5. The Morgan fingerprint density at radius 3 is 1.99 bits per heavy atom. The molecule has 0 spiro atoms. The molecule has 0 saturated heterocycles. The molecule has 0 unspecified atom stereocenters. The molecule has 0 bridgehead atoms. The third kappa shape index (κ3) is 9.15. The van der Waals surface area contributed by atoms with Gasteiger partial charge in [-0.15, -0.1) is 48.1 Å². The zero-order chi connectivity index (χ0) is 58.1. The monoisotopic (exact) mass is 1180 g/mol. The molecule has 0 N–H and O–H groups in total. The van der Waals surface area contributed by atoms with Gasteiger partial charge in [0.2, 0.25) is 0 Å². The van der Waals surface area contributed by atoms with Gasteiger partial charge in [0.05, 0.1) is 9.60 Å². The van der Waals surface area contributed by atoms with Crippen molar-refractivity contribution in [1.82, 2.24) is 9.55 Å². The van der Waals surface area contributed by atoms with Crippen LogP contribution in [0.1, 0.15) is 114 Å². The molecule has 0 amide bonds. The first-order chi connectivity index (χ1) is 38.9. The van der Waals surface area contributed by atoms with E-state index in [-0.39, 0.29) is 79.6 Å². The number of rotatable bonds is 8. The summed E-state index contributed by atoms with van der Waals surface area (Å²) in [4.78, 5) is 9.01. The number of benzene rings is 8. The van der Waals surface area contributed by atoms with Crippen LogP contribution in [0.5, 0.6) is 11.5 Å². The summed E-state index contributed by atoms with van der Waals surface area (Å²) < 4.78 is 73.9. The Balaban J connectivity index is 0.00000721. The Morgan fingerprint density at radius 1 is 0.579 bits per heavy atom. The van der Waals surface area contributed by atoms with Crippen LogP contribution in [0, 0.1) is 18.8 Å². The van der Waals surface area contributed by atoms with Gasteiger partial charge < -0.3 is 19.1 Å². The standard InChI is InChI=1S/C70H65N4O.Pt/c1-67(2,3)50-34-37-71-65(42-50)74-61-27-15-14-24-57(61)58-32-31-54(44-64(58)74)75-53-23-18-22-52(43-53)72-45-73(63-29-17-16-28-62(63)72)66-55(47-30-33-59-60(41-47)70(9,10)36-35-69(59,7)8)25-19-26-56(66)49-38-48(46-20-12-11-13-21-46)39-51(40-49)68(4,5)6;/h11-34,37-42,45H,35-36H2,1-10H3;/q-3;/i14D,15D,24D,27D,38D,39D,40D;. The summed E-state index contributed by atoms with van der Waals surface area (Å²) in [6.45, 7) is 23.9. The Labute approximate surface area is 474 Å². The molecular weight excluding hydrogens is 1110 g/mol. The molecule has 12 rings (SSSR count). The molecule has 1 aliphatic carbocycles. The molecule has 384 valence electrons. The molecular formula is C70H65N4OPt-3. The second-order valence-corrected chi connectivity index (χ2v) is 23.5. The molecule has 2 aromatic heterocycles. The van der Waals surface area contributed by atoms with Crippen LogP contribution in [-0.2, 0) is 42.7 Å². The summed E-state index contributed by atoms with van der Waals surface area (Å²) in [6.07, 6.45) is 3.86. The predicted molar refractivity (Wildman–Crippen MR) is 313 cm³/mol. The Kier molecular flexibility index (Phi) is 10.8. The zero-order valence-electron chi connectivity index (χ0n) is 51.8. The number of hydrogen-bond acceptors (Lipinski definition) is 4. The second kappa shape index (κ2) is 19.1. The number of pyridine rings is 1. The normalized spacial score (nSPS) is 16.2. The summed E-state index contributed by atoms with van der Waals surface area (Å²) in [5.41, 5.74) is 11.7. The van der Waals surface area contributed by atoms with Crippen molar-refractivity contribution >= 4 is 44.6 Å². The summed E-state index contributed by atoms with van der Waals surface area (Å²) in [5.74, 6) is 1.23. The van der Waals surface area contributed by atoms with Crippen molar-refractivity contribution in [1.29, 1.82) is 0 Å². The Morgan fingerprint density at radius 2 is 1.24 bits per heavy atom. The number of hydrogen-bond donors (Lipinski definition) is 0. The van der Waals surface area contributed by atoms with Crippen LogP contribution in [0.25, 0.3) is 61.0 Å². The van der Waals surface area contributed by atoms with Crippen molar-refractivity contribution in [2.24, 2.45) is 0 Å². The molecule has 5 nitrogen and oxygen atoms in total. The van der Waals surface area contributed by atoms with Crippen LogP contribution in [-0.4, -0.2) is 9.55 Å². The first-order valence-corrected chi connectivity index (χ1v) is 26.0. The van der Waals surface area contributed by atoms with Crippen molar-refractivity contribution < 1.29 is 35.4 Å². The minimum atomic E-state index is -0.604. The van der Waals surface area contributed by atoms with E-state index >= 15 is 0 Å². The van der Waals surface area contributed by atoms with Crippen molar-refractivity contribution in [3.8, 4) is 50.7 Å². The van der Waals surface area contributed by atoms with Gasteiger partial charge in [0.25, 0.3) is 0 Å². The van der Waals surface area contributed by atoms with Gasteiger partial charge in [-0.05, 0) is 121 Å². The smallest absolute Gasteiger partial charge is 0.135 e. The molecule has 1 aliphatic heterocycles. The van der Waals surface area contributed by atoms with Crippen LogP contribution >= 0.6 is 0 Å². The van der Waals surface area contributed by atoms with Crippen molar-refractivity contribution in [3.05, 3.63) is 223 Å². The van der Waals surface area contributed by atoms with E-state index in [0.717, 1.165) is 52.2 Å². The van der Waals surface area contributed by atoms with E-state index in [4.69, 9.17) is 15.2 Å². The number of fused-ring (bicyclic) bond motifs is 5. The minimum absolute atomic E-state index is 0. The summed E-state index contributed by atoms with van der Waals surface area (Å²) in [6, 6.07) is 50.7. The van der Waals surface area contributed by atoms with Crippen LogP contribution in [0.2, 0.25) is 0 Å². The molecule has 10 aromatic rings. The largest absolute Gasteiger partial charge is 0.509 e. The van der Waals surface area contributed by atoms with E-state index in [2.05, 4.69) is 113 Å². The van der Waals surface area contributed by atoms with Crippen LogP contribution in [0.4, 0.5) is 22.7 Å². The average Bonchev–Trinajstić information content (AvgIpc) is 4.26. The van der Waals surface area contributed by atoms with Gasteiger partial charge in [-0.3, -0.25) is 0 Å². The number of nitrogens with zero attached hydrogens (tertiary/aromatic N) is 4. The maximum absolute atomic E-state index is 10.2. The van der Waals surface area contributed by atoms with E-state index in [1.807, 2.05) is 112 Å². The van der Waals surface area contributed by atoms with Crippen molar-refractivity contribution in [3.63, 3.8) is 0 Å². The predicted octanol–water partition coefficient (Wildman–Crippen LogP) is 18.9. The third-order valence-corrected chi connectivity index (χ3v) is 15.3. The van der Waals surface area contributed by atoms with Gasteiger partial charge in [0.1, 0.15) is 5.82 Å². The molecule has 0 atom stereocenters. The average molecular weight is 1180 g/mol. The molecule has 8 aromatic carbocycles. The van der Waals surface area contributed by atoms with Crippen molar-refractivity contribution in [2.75, 3.05) is 9.80 Å². The van der Waals surface area contributed by atoms with E-state index in [9.17, 15) is 4.11 Å². The van der Waals surface area contributed by atoms with Crippen LogP contribution in [0.3, 0.4) is 0 Å². The van der Waals surface area contributed by atoms with Gasteiger partial charge >= 0.3 is 0 Å². The molecule has 0 fully saturated rings. The zero-order valence-corrected chi connectivity index (χ0v) is 47.1. The van der Waals surface area contributed by atoms with Gasteiger partial charge in [0.15, 0.2) is 0 Å². The van der Waals surface area contributed by atoms with Crippen LogP contribution < -0.4 is 14.5 Å². The third-order valence-electron chi connectivity index (χ3n) is 15.3. The fraction of sp³-hybridized carbons (Fsp3) is 0.229.